The van der Waals surface area contributed by atoms with Gasteiger partial charge in [-0.3, -0.25) is 0 Å². The highest BCUT2D eigenvalue weighted by Crippen LogP contribution is 2.54. The molecule has 0 saturated heterocycles. The van der Waals surface area contributed by atoms with E-state index in [1.165, 1.54) is 0 Å². The molecule has 2 rings (SSSR count). The summed E-state index contributed by atoms with van der Waals surface area (Å²) in [5.41, 5.74) is -3.20. The van der Waals surface area contributed by atoms with E-state index in [2.05, 4.69) is 0 Å². The topological polar surface area (TPSA) is 80.9 Å². The Morgan fingerprint density at radius 1 is 0.947 bits per heavy atom. The van der Waals surface area contributed by atoms with Crippen LogP contribution in [0.25, 0.3) is 0 Å². The first-order valence-electron chi connectivity index (χ1n) is 7.37. The maximum Gasteiger partial charge on any atom is 0.0933 e. The maximum absolute atomic E-state index is 10.8. The summed E-state index contributed by atoms with van der Waals surface area (Å²) in [7, 11) is 0. The van der Waals surface area contributed by atoms with Gasteiger partial charge in [0.25, 0.3) is 0 Å². The largest absolute Gasteiger partial charge is 0.390 e. The zero-order valence-corrected chi connectivity index (χ0v) is 12.4. The highest BCUT2D eigenvalue weighted by Gasteiger charge is 2.60. The monoisotopic (exact) mass is 272 g/mol. The van der Waals surface area contributed by atoms with Gasteiger partial charge < -0.3 is 20.4 Å². The van der Waals surface area contributed by atoms with Crippen LogP contribution in [0, 0.1) is 17.8 Å². The predicted octanol–water partition coefficient (Wildman–Crippen LogP) is 1.06. The van der Waals surface area contributed by atoms with Gasteiger partial charge in [0.1, 0.15) is 0 Å². The van der Waals surface area contributed by atoms with Gasteiger partial charge in [-0.1, -0.05) is 13.8 Å². The van der Waals surface area contributed by atoms with Crippen molar-refractivity contribution in [1.29, 1.82) is 0 Å². The van der Waals surface area contributed by atoms with E-state index >= 15 is 0 Å². The summed E-state index contributed by atoms with van der Waals surface area (Å²) in [6, 6.07) is 0. The van der Waals surface area contributed by atoms with Gasteiger partial charge in [-0.15, -0.1) is 0 Å². The average Bonchev–Trinajstić information content (AvgIpc) is 2.57. The number of fused-ring (bicyclic) bond motifs is 1. The molecule has 19 heavy (non-hydrogen) atoms. The minimum Gasteiger partial charge on any atom is -0.390 e. The minimum absolute atomic E-state index is 0.117. The SMILES string of the molecule is CC(C)C1(O)CCC(C)(O)C2CCC(C)(O)C2C1O. The van der Waals surface area contributed by atoms with Crippen molar-refractivity contribution in [2.75, 3.05) is 0 Å². The van der Waals surface area contributed by atoms with E-state index in [1.54, 1.807) is 13.8 Å². The molecular formula is C15H28O4. The molecular weight excluding hydrogens is 244 g/mol. The third kappa shape index (κ3) is 2.23. The highest BCUT2D eigenvalue weighted by molar-refractivity contribution is 5.11. The second kappa shape index (κ2) is 4.42. The van der Waals surface area contributed by atoms with Crippen molar-refractivity contribution in [2.45, 2.75) is 76.3 Å². The van der Waals surface area contributed by atoms with Gasteiger partial charge in [0.2, 0.25) is 0 Å². The Hall–Kier alpha value is -0.160. The molecule has 0 radical (unpaired) electrons. The van der Waals surface area contributed by atoms with E-state index < -0.39 is 28.8 Å². The maximum atomic E-state index is 10.8. The fourth-order valence-corrected chi connectivity index (χ4v) is 4.21. The van der Waals surface area contributed by atoms with Crippen LogP contribution in [-0.2, 0) is 0 Å². The van der Waals surface area contributed by atoms with Crippen LogP contribution >= 0.6 is 0 Å². The molecule has 0 amide bonds. The Labute approximate surface area is 115 Å². The van der Waals surface area contributed by atoms with E-state index in [-0.39, 0.29) is 11.8 Å². The molecule has 0 aliphatic heterocycles. The van der Waals surface area contributed by atoms with Crippen molar-refractivity contribution in [3.05, 3.63) is 0 Å². The summed E-state index contributed by atoms with van der Waals surface area (Å²) < 4.78 is 0. The fraction of sp³-hybridized carbons (Fsp3) is 1.00. The Morgan fingerprint density at radius 3 is 2.05 bits per heavy atom. The predicted molar refractivity (Wildman–Crippen MR) is 72.5 cm³/mol. The Kier molecular flexibility index (Phi) is 3.54. The molecule has 112 valence electrons. The smallest absolute Gasteiger partial charge is 0.0933 e. The lowest BCUT2D eigenvalue weighted by Gasteiger charge is -2.43. The van der Waals surface area contributed by atoms with Gasteiger partial charge in [0.15, 0.2) is 0 Å². The Morgan fingerprint density at radius 2 is 1.53 bits per heavy atom. The van der Waals surface area contributed by atoms with Crippen LogP contribution in [0.1, 0.15) is 53.4 Å². The molecule has 0 aromatic rings. The number of hydrogen-bond donors (Lipinski definition) is 4. The summed E-state index contributed by atoms with van der Waals surface area (Å²) in [5.74, 6) is -0.754. The lowest BCUT2D eigenvalue weighted by atomic mass is 9.71. The molecule has 0 aromatic carbocycles. The molecule has 6 unspecified atom stereocenters. The summed E-state index contributed by atoms with van der Waals surface area (Å²) in [5, 5.41) is 42.7. The van der Waals surface area contributed by atoms with Gasteiger partial charge in [0.05, 0.1) is 22.9 Å². The van der Waals surface area contributed by atoms with E-state index in [0.29, 0.717) is 25.7 Å². The molecule has 4 N–H and O–H groups in total. The van der Waals surface area contributed by atoms with Gasteiger partial charge >= 0.3 is 0 Å². The first kappa shape index (κ1) is 15.2. The molecule has 2 fully saturated rings. The Bertz CT molecular complexity index is 350. The molecule has 0 heterocycles. The van der Waals surface area contributed by atoms with E-state index in [4.69, 9.17) is 0 Å². The van der Waals surface area contributed by atoms with Crippen LogP contribution in [0.4, 0.5) is 0 Å². The molecule has 0 bridgehead atoms. The van der Waals surface area contributed by atoms with Crippen molar-refractivity contribution in [2.24, 2.45) is 17.8 Å². The van der Waals surface area contributed by atoms with Crippen molar-refractivity contribution in [3.8, 4) is 0 Å². The van der Waals surface area contributed by atoms with E-state index in [1.807, 2.05) is 13.8 Å². The van der Waals surface area contributed by atoms with Crippen LogP contribution in [0.2, 0.25) is 0 Å². The lowest BCUT2D eigenvalue weighted by Crippen LogP contribution is -2.55. The summed E-state index contributed by atoms with van der Waals surface area (Å²) >= 11 is 0. The Balaban J connectivity index is 2.45. The van der Waals surface area contributed by atoms with E-state index in [0.717, 1.165) is 0 Å². The van der Waals surface area contributed by atoms with Crippen molar-refractivity contribution < 1.29 is 20.4 Å². The standard InChI is InChI=1S/C15H28O4/c1-9(2)15(19)8-7-13(3,17)10-5-6-14(4,18)11(10)12(15)16/h9-12,16-19H,5-8H2,1-4H3. The molecule has 0 spiro atoms. The fourth-order valence-electron chi connectivity index (χ4n) is 4.21. The van der Waals surface area contributed by atoms with Gasteiger partial charge in [-0.05, 0) is 51.4 Å². The van der Waals surface area contributed by atoms with E-state index in [9.17, 15) is 20.4 Å². The molecule has 6 atom stereocenters. The lowest BCUT2D eigenvalue weighted by molar-refractivity contribution is -0.164. The number of rotatable bonds is 1. The van der Waals surface area contributed by atoms with Crippen molar-refractivity contribution in [3.63, 3.8) is 0 Å². The first-order valence-corrected chi connectivity index (χ1v) is 7.37. The molecule has 0 aromatic heterocycles. The highest BCUT2D eigenvalue weighted by atomic mass is 16.3. The molecule has 2 saturated carbocycles. The third-order valence-electron chi connectivity index (χ3n) is 5.80. The quantitative estimate of drug-likeness (QED) is 0.575. The van der Waals surface area contributed by atoms with Gasteiger partial charge in [-0.2, -0.15) is 0 Å². The number of aliphatic hydroxyl groups excluding tert-OH is 1. The first-order chi connectivity index (χ1) is 8.52. The van der Waals surface area contributed by atoms with Crippen molar-refractivity contribution in [1.82, 2.24) is 0 Å². The third-order valence-corrected chi connectivity index (χ3v) is 5.80. The van der Waals surface area contributed by atoms with Crippen LogP contribution in [0.15, 0.2) is 0 Å². The summed E-state index contributed by atoms with van der Waals surface area (Å²) in [6.45, 7) is 7.23. The van der Waals surface area contributed by atoms with Crippen LogP contribution in [-0.4, -0.2) is 43.3 Å². The normalized spacial score (nSPS) is 55.1. The minimum atomic E-state index is -1.24. The van der Waals surface area contributed by atoms with Gasteiger partial charge in [0, 0.05) is 5.92 Å². The summed E-state index contributed by atoms with van der Waals surface area (Å²) in [4.78, 5) is 0. The average molecular weight is 272 g/mol. The zero-order chi connectivity index (χ0) is 14.6. The zero-order valence-electron chi connectivity index (χ0n) is 12.4. The van der Waals surface area contributed by atoms with Gasteiger partial charge in [-0.25, -0.2) is 0 Å². The number of hydrogen-bond acceptors (Lipinski definition) is 4. The van der Waals surface area contributed by atoms with Crippen LogP contribution < -0.4 is 0 Å². The second-order valence-electron chi connectivity index (χ2n) is 7.48. The second-order valence-corrected chi connectivity index (χ2v) is 7.48. The molecule has 4 nitrogen and oxygen atoms in total. The summed E-state index contributed by atoms with van der Waals surface area (Å²) in [6.07, 6.45) is 1.07. The van der Waals surface area contributed by atoms with Crippen molar-refractivity contribution >= 4 is 0 Å². The molecule has 2 aliphatic carbocycles. The molecule has 2 aliphatic rings. The number of aliphatic hydroxyl groups is 4. The molecule has 4 heteroatoms. The van der Waals surface area contributed by atoms with Crippen LogP contribution in [0.5, 0.6) is 0 Å². The van der Waals surface area contributed by atoms with Crippen LogP contribution in [0.3, 0.4) is 0 Å².